The number of pyridine rings is 1. The number of aromatic amines is 1. The van der Waals surface area contributed by atoms with Gasteiger partial charge in [-0.2, -0.15) is 5.10 Å². The van der Waals surface area contributed by atoms with Gasteiger partial charge in [-0.3, -0.25) is 9.89 Å². The van der Waals surface area contributed by atoms with Crippen molar-refractivity contribution in [2.24, 2.45) is 5.41 Å². The number of H-pyrrole nitrogens is 1. The van der Waals surface area contributed by atoms with E-state index >= 15 is 0 Å². The molecule has 3 heterocycles. The van der Waals surface area contributed by atoms with Crippen LogP contribution in [-0.4, -0.2) is 44.1 Å². The molecule has 1 N–H and O–H groups in total. The standard InChI is InChI=1S/C20H21N5O/c1-13-21-18(24-23-13)15-11-25(12-20(15)9-4-10-20)19(26)17-8-7-14-5-2-3-6-16(14)22-17/h2-3,5-8,15H,4,9-12H2,1H3,(H,21,23,24). The van der Waals surface area contributed by atoms with E-state index in [1.165, 1.54) is 6.42 Å². The van der Waals surface area contributed by atoms with Crippen LogP contribution in [-0.2, 0) is 0 Å². The molecule has 0 radical (unpaired) electrons. The molecular formula is C20H21N5O. The van der Waals surface area contributed by atoms with Gasteiger partial charge in [-0.1, -0.05) is 30.7 Å². The minimum absolute atomic E-state index is 0.0109. The van der Waals surface area contributed by atoms with Gasteiger partial charge in [0.2, 0.25) is 0 Å². The number of nitrogens with one attached hydrogen (secondary N) is 1. The Morgan fingerprint density at radius 2 is 2.04 bits per heavy atom. The maximum atomic E-state index is 13.1. The smallest absolute Gasteiger partial charge is 0.272 e. The second kappa shape index (κ2) is 5.62. The van der Waals surface area contributed by atoms with E-state index in [0.717, 1.165) is 41.9 Å². The van der Waals surface area contributed by atoms with E-state index in [0.29, 0.717) is 12.2 Å². The summed E-state index contributed by atoms with van der Waals surface area (Å²) in [6.07, 6.45) is 3.50. The van der Waals surface area contributed by atoms with Crippen molar-refractivity contribution in [2.45, 2.75) is 32.1 Å². The van der Waals surface area contributed by atoms with E-state index in [2.05, 4.69) is 20.2 Å². The highest BCUT2D eigenvalue weighted by Crippen LogP contribution is 2.55. The third kappa shape index (κ3) is 2.32. The fourth-order valence-electron chi connectivity index (χ4n) is 4.48. The molecule has 132 valence electrons. The van der Waals surface area contributed by atoms with E-state index in [9.17, 15) is 4.79 Å². The zero-order chi connectivity index (χ0) is 17.7. The van der Waals surface area contributed by atoms with Crippen LogP contribution in [0.5, 0.6) is 0 Å². The van der Waals surface area contributed by atoms with Gasteiger partial charge >= 0.3 is 0 Å². The van der Waals surface area contributed by atoms with Crippen LogP contribution >= 0.6 is 0 Å². The summed E-state index contributed by atoms with van der Waals surface area (Å²) >= 11 is 0. The molecule has 2 aliphatic rings. The molecule has 5 rings (SSSR count). The Balaban J connectivity index is 1.45. The Morgan fingerprint density at radius 3 is 2.77 bits per heavy atom. The normalized spacial score (nSPS) is 21.3. The van der Waals surface area contributed by atoms with Crippen LogP contribution in [0.25, 0.3) is 10.9 Å². The molecule has 1 spiro atoms. The zero-order valence-corrected chi connectivity index (χ0v) is 14.8. The van der Waals surface area contributed by atoms with Crippen LogP contribution < -0.4 is 0 Å². The summed E-state index contributed by atoms with van der Waals surface area (Å²) in [5, 5.41) is 8.39. The zero-order valence-electron chi connectivity index (χ0n) is 14.8. The second-order valence-electron chi connectivity index (χ2n) is 7.62. The highest BCUT2D eigenvalue weighted by molar-refractivity contribution is 5.95. The predicted octanol–water partition coefficient (Wildman–Crippen LogP) is 3.07. The largest absolute Gasteiger partial charge is 0.336 e. The highest BCUT2D eigenvalue weighted by atomic mass is 16.2. The number of carbonyl (C=O) groups is 1. The molecule has 1 aliphatic carbocycles. The molecule has 1 saturated heterocycles. The van der Waals surface area contributed by atoms with Crippen LogP contribution in [0.1, 0.15) is 47.3 Å². The molecule has 2 fully saturated rings. The van der Waals surface area contributed by atoms with E-state index < -0.39 is 0 Å². The highest BCUT2D eigenvalue weighted by Gasteiger charge is 2.53. The molecule has 6 heteroatoms. The monoisotopic (exact) mass is 347 g/mol. The number of carbonyl (C=O) groups excluding carboxylic acids is 1. The summed E-state index contributed by atoms with van der Waals surface area (Å²) in [7, 11) is 0. The summed E-state index contributed by atoms with van der Waals surface area (Å²) in [5.74, 6) is 1.90. The van der Waals surface area contributed by atoms with E-state index in [-0.39, 0.29) is 17.2 Å². The summed E-state index contributed by atoms with van der Waals surface area (Å²) in [6, 6.07) is 11.7. The van der Waals surface area contributed by atoms with Gasteiger partial charge in [0.1, 0.15) is 11.5 Å². The Kier molecular flexibility index (Phi) is 3.35. The fourth-order valence-corrected chi connectivity index (χ4v) is 4.48. The van der Waals surface area contributed by atoms with Crippen molar-refractivity contribution in [1.82, 2.24) is 25.1 Å². The van der Waals surface area contributed by atoms with Crippen LogP contribution in [0.2, 0.25) is 0 Å². The third-order valence-corrected chi connectivity index (χ3v) is 6.03. The molecule has 0 bridgehead atoms. The maximum absolute atomic E-state index is 13.1. The van der Waals surface area contributed by atoms with Crippen molar-refractivity contribution >= 4 is 16.8 Å². The Bertz CT molecular complexity index is 991. The number of aryl methyl sites for hydroxylation is 1. The lowest BCUT2D eigenvalue weighted by Gasteiger charge is -2.41. The van der Waals surface area contributed by atoms with Gasteiger partial charge in [-0.15, -0.1) is 0 Å². The first-order valence-corrected chi connectivity index (χ1v) is 9.19. The first-order chi connectivity index (χ1) is 12.6. The summed E-state index contributed by atoms with van der Waals surface area (Å²) < 4.78 is 0. The molecule has 3 aromatic rings. The Hall–Kier alpha value is -2.76. The van der Waals surface area contributed by atoms with Crippen LogP contribution in [0, 0.1) is 12.3 Å². The molecule has 1 saturated carbocycles. The van der Waals surface area contributed by atoms with Crippen molar-refractivity contribution in [3.05, 3.63) is 53.7 Å². The number of nitrogens with zero attached hydrogens (tertiary/aromatic N) is 4. The molecule has 1 aliphatic heterocycles. The van der Waals surface area contributed by atoms with Crippen molar-refractivity contribution in [3.63, 3.8) is 0 Å². The van der Waals surface area contributed by atoms with Gasteiger partial charge in [0, 0.05) is 24.4 Å². The molecule has 26 heavy (non-hydrogen) atoms. The van der Waals surface area contributed by atoms with E-state index in [1.807, 2.05) is 48.2 Å². The number of aromatic nitrogens is 4. The quantitative estimate of drug-likeness (QED) is 0.773. The third-order valence-electron chi connectivity index (χ3n) is 6.03. The van der Waals surface area contributed by atoms with Gasteiger partial charge in [0.25, 0.3) is 5.91 Å². The Morgan fingerprint density at radius 1 is 1.19 bits per heavy atom. The molecule has 6 nitrogen and oxygen atoms in total. The fraction of sp³-hybridized carbons (Fsp3) is 0.400. The van der Waals surface area contributed by atoms with Crippen molar-refractivity contribution in [2.75, 3.05) is 13.1 Å². The molecule has 1 unspecified atom stereocenters. The number of likely N-dealkylation sites (tertiary alicyclic amines) is 1. The molecule has 1 atom stereocenters. The van der Waals surface area contributed by atoms with Crippen molar-refractivity contribution in [3.8, 4) is 0 Å². The maximum Gasteiger partial charge on any atom is 0.272 e. The minimum atomic E-state index is 0.0109. The number of benzene rings is 1. The lowest BCUT2D eigenvalue weighted by molar-refractivity contribution is 0.0719. The van der Waals surface area contributed by atoms with E-state index in [4.69, 9.17) is 0 Å². The molecule has 1 aromatic carbocycles. The van der Waals surface area contributed by atoms with Gasteiger partial charge < -0.3 is 4.90 Å². The average Bonchev–Trinajstić information content (AvgIpc) is 3.24. The SMILES string of the molecule is Cc1nc(C2CN(C(=O)c3ccc4ccccc4n3)CC23CCC3)n[nH]1. The number of fused-ring (bicyclic) bond motifs is 1. The predicted molar refractivity (Wildman–Crippen MR) is 97.8 cm³/mol. The topological polar surface area (TPSA) is 74.8 Å². The van der Waals surface area contributed by atoms with Crippen molar-refractivity contribution in [1.29, 1.82) is 0 Å². The van der Waals surface area contributed by atoms with Crippen LogP contribution in [0.3, 0.4) is 0 Å². The van der Waals surface area contributed by atoms with Gasteiger partial charge in [-0.05, 0) is 37.3 Å². The summed E-state index contributed by atoms with van der Waals surface area (Å²) in [4.78, 5) is 24.2. The first kappa shape index (κ1) is 15.5. The number of hydrogen-bond acceptors (Lipinski definition) is 4. The average molecular weight is 347 g/mol. The van der Waals surface area contributed by atoms with E-state index in [1.54, 1.807) is 0 Å². The van der Waals surface area contributed by atoms with Crippen molar-refractivity contribution < 1.29 is 4.79 Å². The second-order valence-corrected chi connectivity index (χ2v) is 7.62. The number of hydrogen-bond donors (Lipinski definition) is 1. The molecule has 2 aromatic heterocycles. The van der Waals surface area contributed by atoms with Gasteiger partial charge in [0.15, 0.2) is 5.82 Å². The number of amides is 1. The first-order valence-electron chi connectivity index (χ1n) is 9.19. The van der Waals surface area contributed by atoms with Crippen LogP contribution in [0.4, 0.5) is 0 Å². The van der Waals surface area contributed by atoms with Crippen LogP contribution in [0.15, 0.2) is 36.4 Å². The summed E-state index contributed by atoms with van der Waals surface area (Å²) in [5.41, 5.74) is 1.52. The lowest BCUT2D eigenvalue weighted by Crippen LogP contribution is -2.38. The van der Waals surface area contributed by atoms with Gasteiger partial charge in [-0.25, -0.2) is 9.97 Å². The van der Waals surface area contributed by atoms with Gasteiger partial charge in [0.05, 0.1) is 5.52 Å². The Labute approximate surface area is 151 Å². The number of rotatable bonds is 2. The molecule has 1 amide bonds. The minimum Gasteiger partial charge on any atom is -0.336 e. The number of para-hydroxylation sites is 1. The lowest BCUT2D eigenvalue weighted by atomic mass is 9.62. The molecular weight excluding hydrogens is 326 g/mol. The summed E-state index contributed by atoms with van der Waals surface area (Å²) in [6.45, 7) is 3.37.